The van der Waals surface area contributed by atoms with Crippen LogP contribution in [0.25, 0.3) is 0 Å². The van der Waals surface area contributed by atoms with Crippen molar-refractivity contribution in [1.82, 2.24) is 0 Å². The minimum atomic E-state index is 0.694. The Balaban J connectivity index is 2.44. The Morgan fingerprint density at radius 1 is 1.07 bits per heavy atom. The highest BCUT2D eigenvalue weighted by atomic mass is 14.6. The molecule has 0 spiro atoms. The molecule has 0 heterocycles. The standard InChI is InChI=1S/C13H21N/c1-7(2)10-5-6-11(14)13-9(4)8(3)12(10)13/h7-9H,5-6,14H2,1-4H3. The van der Waals surface area contributed by atoms with Crippen LogP contribution in [0.5, 0.6) is 0 Å². The highest BCUT2D eigenvalue weighted by molar-refractivity contribution is 5.52. The number of allylic oxidation sites excluding steroid dienone is 4. The Hall–Kier alpha value is -0.720. The Kier molecular flexibility index (Phi) is 2.21. The highest BCUT2D eigenvalue weighted by Gasteiger charge is 2.40. The zero-order chi connectivity index (χ0) is 10.5. The molecule has 2 atom stereocenters. The lowest BCUT2D eigenvalue weighted by Gasteiger charge is -2.45. The highest BCUT2D eigenvalue weighted by Crippen LogP contribution is 2.52. The van der Waals surface area contributed by atoms with Crippen molar-refractivity contribution >= 4 is 0 Å². The van der Waals surface area contributed by atoms with Crippen LogP contribution in [0.15, 0.2) is 22.4 Å². The summed E-state index contributed by atoms with van der Waals surface area (Å²) in [6.45, 7) is 9.25. The summed E-state index contributed by atoms with van der Waals surface area (Å²) in [7, 11) is 0. The summed E-state index contributed by atoms with van der Waals surface area (Å²) in [5, 5.41) is 0. The minimum absolute atomic E-state index is 0.694. The maximum absolute atomic E-state index is 6.08. The van der Waals surface area contributed by atoms with Gasteiger partial charge in [0.05, 0.1) is 0 Å². The van der Waals surface area contributed by atoms with Gasteiger partial charge in [0.2, 0.25) is 0 Å². The SMILES string of the molecule is CC(C)C1=C2C(=C(N)CC1)C(C)C2C. The molecule has 0 aromatic heterocycles. The third-order valence-electron chi connectivity index (χ3n) is 4.00. The molecule has 14 heavy (non-hydrogen) atoms. The number of nitrogens with two attached hydrogens (primary N) is 1. The fourth-order valence-electron chi connectivity index (χ4n) is 2.96. The van der Waals surface area contributed by atoms with Crippen molar-refractivity contribution in [3.8, 4) is 0 Å². The molecule has 1 saturated carbocycles. The third kappa shape index (κ3) is 1.14. The average molecular weight is 191 g/mol. The number of hydrogen-bond donors (Lipinski definition) is 1. The van der Waals surface area contributed by atoms with E-state index in [0.29, 0.717) is 11.8 Å². The average Bonchev–Trinajstić information content (AvgIpc) is 2.15. The molecular weight excluding hydrogens is 170 g/mol. The van der Waals surface area contributed by atoms with Crippen LogP contribution in [0.1, 0.15) is 40.5 Å². The van der Waals surface area contributed by atoms with Crippen molar-refractivity contribution in [3.05, 3.63) is 22.4 Å². The van der Waals surface area contributed by atoms with Crippen LogP contribution >= 0.6 is 0 Å². The molecule has 1 heteroatoms. The number of fused-ring (bicyclic) bond motifs is 1. The van der Waals surface area contributed by atoms with Gasteiger partial charge in [-0.3, -0.25) is 0 Å². The maximum Gasteiger partial charge on any atom is 0.0122 e. The lowest BCUT2D eigenvalue weighted by atomic mass is 9.60. The van der Waals surface area contributed by atoms with Crippen molar-refractivity contribution in [2.24, 2.45) is 23.5 Å². The zero-order valence-corrected chi connectivity index (χ0v) is 9.72. The molecule has 2 N–H and O–H groups in total. The van der Waals surface area contributed by atoms with E-state index in [1.807, 2.05) is 0 Å². The van der Waals surface area contributed by atoms with Gasteiger partial charge in [0.15, 0.2) is 0 Å². The molecule has 0 radical (unpaired) electrons. The van der Waals surface area contributed by atoms with Crippen LogP contribution in [-0.4, -0.2) is 0 Å². The van der Waals surface area contributed by atoms with E-state index < -0.39 is 0 Å². The van der Waals surface area contributed by atoms with E-state index in [2.05, 4.69) is 27.7 Å². The van der Waals surface area contributed by atoms with Gasteiger partial charge in [-0.15, -0.1) is 0 Å². The van der Waals surface area contributed by atoms with Gasteiger partial charge in [-0.05, 0) is 41.7 Å². The molecule has 2 aliphatic carbocycles. The molecule has 0 aromatic rings. The summed E-state index contributed by atoms with van der Waals surface area (Å²) >= 11 is 0. The second-order valence-corrected chi connectivity index (χ2v) is 5.11. The largest absolute Gasteiger partial charge is 0.402 e. The predicted octanol–water partition coefficient (Wildman–Crippen LogP) is 3.23. The lowest BCUT2D eigenvalue weighted by Crippen LogP contribution is -2.34. The van der Waals surface area contributed by atoms with Crippen LogP contribution in [0.3, 0.4) is 0 Å². The zero-order valence-electron chi connectivity index (χ0n) is 9.72. The topological polar surface area (TPSA) is 26.0 Å². The first-order chi connectivity index (χ1) is 6.54. The second-order valence-electron chi connectivity index (χ2n) is 5.11. The molecule has 0 amide bonds. The van der Waals surface area contributed by atoms with Crippen molar-refractivity contribution < 1.29 is 0 Å². The molecular formula is C13H21N. The minimum Gasteiger partial charge on any atom is -0.402 e. The van der Waals surface area contributed by atoms with E-state index >= 15 is 0 Å². The van der Waals surface area contributed by atoms with Gasteiger partial charge in [0.25, 0.3) is 0 Å². The number of rotatable bonds is 1. The number of hydrogen-bond acceptors (Lipinski definition) is 1. The first kappa shape index (κ1) is 9.82. The second kappa shape index (κ2) is 3.15. The molecule has 2 aliphatic rings. The van der Waals surface area contributed by atoms with Gasteiger partial charge in [-0.2, -0.15) is 0 Å². The summed E-state index contributed by atoms with van der Waals surface area (Å²) < 4.78 is 0. The molecule has 1 nitrogen and oxygen atoms in total. The van der Waals surface area contributed by atoms with Crippen LogP contribution in [0, 0.1) is 17.8 Å². The molecule has 2 unspecified atom stereocenters. The van der Waals surface area contributed by atoms with Crippen LogP contribution < -0.4 is 5.73 Å². The molecule has 0 bridgehead atoms. The van der Waals surface area contributed by atoms with Gasteiger partial charge in [-0.25, -0.2) is 0 Å². The smallest absolute Gasteiger partial charge is 0.0122 e. The molecule has 78 valence electrons. The molecule has 1 fully saturated rings. The van der Waals surface area contributed by atoms with Gasteiger partial charge in [0.1, 0.15) is 0 Å². The first-order valence-electron chi connectivity index (χ1n) is 5.75. The maximum atomic E-state index is 6.08. The van der Waals surface area contributed by atoms with Gasteiger partial charge < -0.3 is 5.73 Å². The molecule has 0 aliphatic heterocycles. The quantitative estimate of drug-likeness (QED) is 0.676. The Morgan fingerprint density at radius 3 is 2.21 bits per heavy atom. The predicted molar refractivity (Wildman–Crippen MR) is 60.6 cm³/mol. The summed E-state index contributed by atoms with van der Waals surface area (Å²) in [6.07, 6.45) is 2.28. The van der Waals surface area contributed by atoms with E-state index in [1.165, 1.54) is 12.0 Å². The normalized spacial score (nSPS) is 32.1. The van der Waals surface area contributed by atoms with Crippen molar-refractivity contribution in [2.75, 3.05) is 0 Å². The lowest BCUT2D eigenvalue weighted by molar-refractivity contribution is 0.397. The van der Waals surface area contributed by atoms with E-state index in [0.717, 1.165) is 18.0 Å². The van der Waals surface area contributed by atoms with E-state index in [4.69, 9.17) is 5.73 Å². The monoisotopic (exact) mass is 191 g/mol. The van der Waals surface area contributed by atoms with Gasteiger partial charge in [0, 0.05) is 5.70 Å². The first-order valence-corrected chi connectivity index (χ1v) is 5.75. The summed E-state index contributed by atoms with van der Waals surface area (Å²) in [5.74, 6) is 2.13. The Morgan fingerprint density at radius 2 is 1.64 bits per heavy atom. The van der Waals surface area contributed by atoms with Crippen molar-refractivity contribution in [1.29, 1.82) is 0 Å². The fraction of sp³-hybridized carbons (Fsp3) is 0.692. The summed E-state index contributed by atoms with van der Waals surface area (Å²) in [4.78, 5) is 0. The van der Waals surface area contributed by atoms with Gasteiger partial charge in [-0.1, -0.05) is 33.3 Å². The Bertz CT molecular complexity index is 320. The van der Waals surface area contributed by atoms with Crippen LogP contribution in [-0.2, 0) is 0 Å². The van der Waals surface area contributed by atoms with Crippen molar-refractivity contribution in [3.63, 3.8) is 0 Å². The molecule has 0 aromatic carbocycles. The van der Waals surface area contributed by atoms with E-state index in [9.17, 15) is 0 Å². The Labute approximate surface area is 87.1 Å². The van der Waals surface area contributed by atoms with Gasteiger partial charge >= 0.3 is 0 Å². The molecule has 0 saturated heterocycles. The fourth-order valence-corrected chi connectivity index (χ4v) is 2.96. The molecule has 2 rings (SSSR count). The van der Waals surface area contributed by atoms with E-state index in [1.54, 1.807) is 11.1 Å². The van der Waals surface area contributed by atoms with E-state index in [-0.39, 0.29) is 0 Å². The summed E-state index contributed by atoms with van der Waals surface area (Å²) in [5.41, 5.74) is 12.0. The summed E-state index contributed by atoms with van der Waals surface area (Å²) in [6, 6.07) is 0. The van der Waals surface area contributed by atoms with Crippen LogP contribution in [0.2, 0.25) is 0 Å². The van der Waals surface area contributed by atoms with Crippen molar-refractivity contribution in [2.45, 2.75) is 40.5 Å². The third-order valence-corrected chi connectivity index (χ3v) is 4.00. The van der Waals surface area contributed by atoms with Crippen LogP contribution in [0.4, 0.5) is 0 Å².